The minimum Gasteiger partial charge on any atom is -0.494 e. The third-order valence-electron chi connectivity index (χ3n) is 2.38. The Kier molecular flexibility index (Phi) is 3.58. The zero-order chi connectivity index (χ0) is 13.1. The van der Waals surface area contributed by atoms with Crippen LogP contribution >= 0.6 is 11.6 Å². The predicted molar refractivity (Wildman–Crippen MR) is 65.6 cm³/mol. The Hall–Kier alpha value is -1.94. The third kappa shape index (κ3) is 2.33. The first kappa shape index (κ1) is 12.5. The topological polar surface area (TPSA) is 39.2 Å². The van der Waals surface area contributed by atoms with E-state index in [1.54, 1.807) is 12.1 Å². The van der Waals surface area contributed by atoms with Crippen molar-refractivity contribution in [1.29, 1.82) is 0 Å². The van der Waals surface area contributed by atoms with E-state index in [0.717, 1.165) is 6.07 Å². The van der Waals surface area contributed by atoms with Crippen LogP contribution < -0.4 is 4.74 Å². The van der Waals surface area contributed by atoms with Gasteiger partial charge < -0.3 is 4.74 Å². The maximum absolute atomic E-state index is 12.9. The van der Waals surface area contributed by atoms with Crippen molar-refractivity contribution in [2.75, 3.05) is 7.11 Å². The molecule has 0 atom stereocenters. The highest BCUT2D eigenvalue weighted by atomic mass is 35.5. The van der Waals surface area contributed by atoms with Crippen molar-refractivity contribution in [3.8, 4) is 5.75 Å². The molecule has 0 radical (unpaired) electrons. The van der Waals surface area contributed by atoms with E-state index in [1.165, 1.54) is 25.4 Å². The highest BCUT2D eigenvalue weighted by Crippen LogP contribution is 2.24. The number of aromatic nitrogens is 1. The molecule has 2 rings (SSSR count). The number of ether oxygens (including phenoxy) is 1. The van der Waals surface area contributed by atoms with Gasteiger partial charge >= 0.3 is 0 Å². The van der Waals surface area contributed by atoms with Crippen molar-refractivity contribution in [1.82, 2.24) is 4.98 Å². The molecular formula is C13H9ClFNO2. The molecule has 2 aromatic rings. The molecule has 0 unspecified atom stereocenters. The molecule has 0 aliphatic rings. The lowest BCUT2D eigenvalue weighted by molar-refractivity contribution is 0.103. The molecule has 0 saturated heterocycles. The van der Waals surface area contributed by atoms with Crippen LogP contribution in [0.2, 0.25) is 5.02 Å². The van der Waals surface area contributed by atoms with E-state index in [1.807, 2.05) is 0 Å². The number of hydrogen-bond donors (Lipinski definition) is 0. The van der Waals surface area contributed by atoms with Crippen LogP contribution in [0.25, 0.3) is 0 Å². The number of pyridine rings is 1. The highest BCUT2D eigenvalue weighted by molar-refractivity contribution is 6.35. The van der Waals surface area contributed by atoms with Crippen molar-refractivity contribution in [3.63, 3.8) is 0 Å². The largest absolute Gasteiger partial charge is 0.494 e. The monoisotopic (exact) mass is 265 g/mol. The minimum atomic E-state index is -0.496. The molecule has 0 bridgehead atoms. The maximum atomic E-state index is 12.9. The van der Waals surface area contributed by atoms with Gasteiger partial charge in [-0.1, -0.05) is 11.6 Å². The summed E-state index contributed by atoms with van der Waals surface area (Å²) in [5, 5.41) is 0.0488. The van der Waals surface area contributed by atoms with Gasteiger partial charge in [0.15, 0.2) is 5.69 Å². The molecule has 0 amide bonds. The summed E-state index contributed by atoms with van der Waals surface area (Å²) in [5.74, 6) is -0.551. The average molecular weight is 266 g/mol. The summed E-state index contributed by atoms with van der Waals surface area (Å²) < 4.78 is 18.0. The molecule has 3 nitrogen and oxygen atoms in total. The number of rotatable bonds is 3. The van der Waals surface area contributed by atoms with Gasteiger partial charge in [0, 0.05) is 11.8 Å². The lowest BCUT2D eigenvalue weighted by Crippen LogP contribution is -2.07. The summed E-state index contributed by atoms with van der Waals surface area (Å²) in [6, 6.07) is 6.87. The maximum Gasteiger partial charge on any atom is 0.216 e. The normalized spacial score (nSPS) is 10.2. The summed E-state index contributed by atoms with van der Waals surface area (Å²) >= 11 is 5.84. The molecule has 0 aliphatic heterocycles. The fraction of sp³-hybridized carbons (Fsp3) is 0.0769. The second kappa shape index (κ2) is 5.14. The smallest absolute Gasteiger partial charge is 0.216 e. The van der Waals surface area contributed by atoms with E-state index in [9.17, 15) is 9.18 Å². The fourth-order valence-electron chi connectivity index (χ4n) is 1.53. The molecule has 0 aliphatic carbocycles. The highest BCUT2D eigenvalue weighted by Gasteiger charge is 2.18. The minimum absolute atomic E-state index is 0.0488. The Morgan fingerprint density at radius 2 is 2.17 bits per heavy atom. The van der Waals surface area contributed by atoms with Crippen LogP contribution in [0, 0.1) is 5.82 Å². The van der Waals surface area contributed by atoms with Crippen molar-refractivity contribution in [2.24, 2.45) is 0 Å². The van der Waals surface area contributed by atoms with Crippen molar-refractivity contribution < 1.29 is 13.9 Å². The Labute approximate surface area is 108 Å². The van der Waals surface area contributed by atoms with Crippen LogP contribution in [0.15, 0.2) is 36.5 Å². The zero-order valence-electron chi connectivity index (χ0n) is 9.48. The van der Waals surface area contributed by atoms with Crippen molar-refractivity contribution in [3.05, 3.63) is 58.6 Å². The van der Waals surface area contributed by atoms with Gasteiger partial charge in [-0.15, -0.1) is 0 Å². The van der Waals surface area contributed by atoms with Gasteiger partial charge in [0.25, 0.3) is 0 Å². The summed E-state index contributed by atoms with van der Waals surface area (Å²) in [4.78, 5) is 16.2. The molecule has 5 heteroatoms. The van der Waals surface area contributed by atoms with Crippen LogP contribution in [0.3, 0.4) is 0 Å². The van der Waals surface area contributed by atoms with E-state index >= 15 is 0 Å². The average Bonchev–Trinajstić information content (AvgIpc) is 2.38. The molecule has 0 fully saturated rings. The van der Waals surface area contributed by atoms with Crippen LogP contribution in [0.1, 0.15) is 16.1 Å². The van der Waals surface area contributed by atoms with Crippen LogP contribution in [-0.4, -0.2) is 17.9 Å². The number of hydrogen-bond acceptors (Lipinski definition) is 3. The van der Waals surface area contributed by atoms with Crippen LogP contribution in [0.5, 0.6) is 5.75 Å². The number of nitrogens with zero attached hydrogens (tertiary/aromatic N) is 1. The van der Waals surface area contributed by atoms with Gasteiger partial charge in [0.1, 0.15) is 11.6 Å². The lowest BCUT2D eigenvalue weighted by Gasteiger charge is -2.07. The van der Waals surface area contributed by atoms with Gasteiger partial charge in [-0.05, 0) is 30.3 Å². The molecule has 0 N–H and O–H groups in total. The van der Waals surface area contributed by atoms with E-state index in [0.29, 0.717) is 5.75 Å². The molecule has 0 saturated carbocycles. The number of carbonyl (C=O) groups is 1. The van der Waals surface area contributed by atoms with Gasteiger partial charge in [0.2, 0.25) is 5.78 Å². The van der Waals surface area contributed by atoms with Gasteiger partial charge in [-0.2, -0.15) is 0 Å². The molecule has 18 heavy (non-hydrogen) atoms. The van der Waals surface area contributed by atoms with Gasteiger partial charge in [-0.3, -0.25) is 4.79 Å². The van der Waals surface area contributed by atoms with Crippen molar-refractivity contribution >= 4 is 17.4 Å². The lowest BCUT2D eigenvalue weighted by atomic mass is 10.1. The standard InChI is InChI=1S/C13H9ClFNO2/c1-18-11-3-2-6-16-12(11)13(17)9-5-4-8(15)7-10(9)14/h2-7H,1H3. The van der Waals surface area contributed by atoms with Crippen LogP contribution in [-0.2, 0) is 0 Å². The van der Waals surface area contributed by atoms with Gasteiger partial charge in [0.05, 0.1) is 12.1 Å². The van der Waals surface area contributed by atoms with E-state index in [4.69, 9.17) is 16.3 Å². The number of carbonyl (C=O) groups excluding carboxylic acids is 1. The number of methoxy groups -OCH3 is 1. The quantitative estimate of drug-likeness (QED) is 0.801. The van der Waals surface area contributed by atoms with Crippen molar-refractivity contribution in [2.45, 2.75) is 0 Å². The molecule has 1 aromatic heterocycles. The molecule has 92 valence electrons. The zero-order valence-corrected chi connectivity index (χ0v) is 10.2. The first-order valence-electron chi connectivity index (χ1n) is 5.12. The molecule has 0 spiro atoms. The third-order valence-corrected chi connectivity index (χ3v) is 2.69. The molecular weight excluding hydrogens is 257 g/mol. The second-order valence-electron chi connectivity index (χ2n) is 3.51. The molecule has 1 aromatic carbocycles. The Morgan fingerprint density at radius 1 is 1.39 bits per heavy atom. The first-order chi connectivity index (χ1) is 8.63. The SMILES string of the molecule is COc1cccnc1C(=O)c1ccc(F)cc1Cl. The predicted octanol–water partition coefficient (Wildman–Crippen LogP) is 3.11. The number of ketones is 1. The summed E-state index contributed by atoms with van der Waals surface area (Å²) in [7, 11) is 1.44. The Bertz CT molecular complexity index is 601. The summed E-state index contributed by atoms with van der Waals surface area (Å²) in [5.41, 5.74) is 0.337. The van der Waals surface area contributed by atoms with Gasteiger partial charge in [-0.25, -0.2) is 9.37 Å². The number of halogens is 2. The molecule has 1 heterocycles. The summed E-state index contributed by atoms with van der Waals surface area (Å²) in [6.07, 6.45) is 1.48. The first-order valence-corrected chi connectivity index (χ1v) is 5.50. The summed E-state index contributed by atoms with van der Waals surface area (Å²) in [6.45, 7) is 0. The van der Waals surface area contributed by atoms with Crippen LogP contribution in [0.4, 0.5) is 4.39 Å². The second-order valence-corrected chi connectivity index (χ2v) is 3.91. The Morgan fingerprint density at radius 3 is 2.83 bits per heavy atom. The number of benzene rings is 1. The fourth-order valence-corrected chi connectivity index (χ4v) is 1.78. The van der Waals surface area contributed by atoms with E-state index < -0.39 is 11.6 Å². The van der Waals surface area contributed by atoms with E-state index in [-0.39, 0.29) is 16.3 Å². The Balaban J connectivity index is 2.48. The van der Waals surface area contributed by atoms with E-state index in [2.05, 4.69) is 4.98 Å².